The highest BCUT2D eigenvalue weighted by Gasteiger charge is 2.45. The van der Waals surface area contributed by atoms with Gasteiger partial charge < -0.3 is 14.6 Å². The molecular formula is C32H46N4O2. The number of carbonyl (C=O) groups is 1. The molecule has 38 heavy (non-hydrogen) atoms. The second kappa shape index (κ2) is 10.6. The van der Waals surface area contributed by atoms with Crippen molar-refractivity contribution >= 4 is 17.0 Å². The molecule has 3 aliphatic heterocycles. The number of benzene rings is 1. The molecule has 3 saturated heterocycles. The fourth-order valence-corrected chi connectivity index (χ4v) is 9.54. The average molecular weight is 519 g/mol. The van der Waals surface area contributed by atoms with Gasteiger partial charge in [-0.1, -0.05) is 44.2 Å². The number of hydrogen-bond donors (Lipinski definition) is 1. The molecule has 1 aromatic heterocycles. The lowest BCUT2D eigenvalue weighted by atomic mass is 9.73. The summed E-state index contributed by atoms with van der Waals surface area (Å²) in [4.78, 5) is 21.8. The molecule has 1 aromatic carbocycles. The van der Waals surface area contributed by atoms with E-state index in [2.05, 4.69) is 38.6 Å². The fourth-order valence-electron chi connectivity index (χ4n) is 9.54. The first-order chi connectivity index (χ1) is 18.6. The first kappa shape index (κ1) is 25.1. The Bertz CT molecular complexity index is 1120. The van der Waals surface area contributed by atoms with Crippen LogP contribution in [0, 0.1) is 11.8 Å². The van der Waals surface area contributed by atoms with Gasteiger partial charge in [0.25, 0.3) is 0 Å². The summed E-state index contributed by atoms with van der Waals surface area (Å²) in [6.45, 7) is 2.57. The van der Waals surface area contributed by atoms with Crippen LogP contribution in [0.4, 0.5) is 0 Å². The van der Waals surface area contributed by atoms with Crippen molar-refractivity contribution in [2.75, 3.05) is 19.6 Å². The minimum absolute atomic E-state index is 0.230. The Balaban J connectivity index is 1.14. The maximum atomic E-state index is 11.1. The van der Waals surface area contributed by atoms with Crippen LogP contribution >= 0.6 is 0 Å². The molecule has 0 spiro atoms. The highest BCUT2D eigenvalue weighted by molar-refractivity contribution is 5.76. The molecule has 0 amide bonds. The van der Waals surface area contributed by atoms with Crippen molar-refractivity contribution in [2.24, 2.45) is 11.8 Å². The van der Waals surface area contributed by atoms with Crippen molar-refractivity contribution < 1.29 is 9.90 Å². The zero-order valence-electron chi connectivity index (χ0n) is 23.0. The Morgan fingerprint density at radius 1 is 0.842 bits per heavy atom. The van der Waals surface area contributed by atoms with Crippen LogP contribution in [-0.4, -0.2) is 68.2 Å². The summed E-state index contributed by atoms with van der Waals surface area (Å²) >= 11 is 0. The highest BCUT2D eigenvalue weighted by Crippen LogP contribution is 2.48. The largest absolute Gasteiger partial charge is 0.481 e. The third-order valence-corrected chi connectivity index (χ3v) is 11.0. The number of aromatic nitrogens is 2. The van der Waals surface area contributed by atoms with E-state index in [0.717, 1.165) is 55.0 Å². The van der Waals surface area contributed by atoms with Gasteiger partial charge in [0, 0.05) is 43.2 Å². The summed E-state index contributed by atoms with van der Waals surface area (Å²) in [7, 11) is 0. The van der Waals surface area contributed by atoms with Gasteiger partial charge in [-0.3, -0.25) is 9.69 Å². The van der Waals surface area contributed by atoms with Gasteiger partial charge in [-0.15, -0.1) is 0 Å². The number of nitrogens with zero attached hydrogens (tertiary/aromatic N) is 4. The molecule has 2 aromatic rings. The molecule has 6 nitrogen and oxygen atoms in total. The predicted octanol–water partition coefficient (Wildman–Crippen LogP) is 6.22. The number of carboxylic acids is 1. The maximum absolute atomic E-state index is 11.1. The number of aliphatic carboxylic acids is 1. The van der Waals surface area contributed by atoms with E-state index in [9.17, 15) is 9.90 Å². The summed E-state index contributed by atoms with van der Waals surface area (Å²) < 4.78 is 2.67. The van der Waals surface area contributed by atoms with Crippen LogP contribution in [0.2, 0.25) is 0 Å². The van der Waals surface area contributed by atoms with E-state index in [4.69, 9.17) is 4.98 Å². The van der Waals surface area contributed by atoms with E-state index in [1.54, 1.807) is 0 Å². The average Bonchev–Trinajstić information content (AvgIpc) is 3.49. The van der Waals surface area contributed by atoms with Crippen LogP contribution in [0.3, 0.4) is 0 Å². The molecule has 7 rings (SSSR count). The Morgan fingerprint density at radius 2 is 1.58 bits per heavy atom. The van der Waals surface area contributed by atoms with Gasteiger partial charge in [-0.05, 0) is 81.9 Å². The van der Waals surface area contributed by atoms with Gasteiger partial charge in [0.1, 0.15) is 5.82 Å². The molecule has 5 aliphatic rings. The number of likely N-dealkylation sites (tertiary alicyclic amines) is 1. The molecule has 4 heterocycles. The zero-order chi connectivity index (χ0) is 25.6. The Kier molecular flexibility index (Phi) is 6.98. The van der Waals surface area contributed by atoms with Gasteiger partial charge in [0.2, 0.25) is 0 Å². The van der Waals surface area contributed by atoms with E-state index in [1.165, 1.54) is 88.4 Å². The van der Waals surface area contributed by atoms with Crippen molar-refractivity contribution in [1.82, 2.24) is 19.4 Å². The van der Waals surface area contributed by atoms with E-state index in [0.29, 0.717) is 18.5 Å². The van der Waals surface area contributed by atoms with Crippen molar-refractivity contribution in [3.05, 3.63) is 30.1 Å². The van der Waals surface area contributed by atoms with Crippen LogP contribution in [-0.2, 0) is 4.79 Å². The second-order valence-electron chi connectivity index (χ2n) is 13.4. The molecule has 0 unspecified atom stereocenters. The van der Waals surface area contributed by atoms with Crippen molar-refractivity contribution in [3.63, 3.8) is 0 Å². The summed E-state index contributed by atoms with van der Waals surface area (Å²) in [5, 5.41) is 9.17. The Labute approximate surface area is 227 Å². The number of rotatable bonds is 6. The molecule has 4 bridgehead atoms. The highest BCUT2D eigenvalue weighted by atomic mass is 16.4. The van der Waals surface area contributed by atoms with Crippen LogP contribution in [0.5, 0.6) is 0 Å². The molecule has 7 atom stereocenters. The number of fused-ring (bicyclic) bond motifs is 5. The minimum Gasteiger partial charge on any atom is -0.481 e. The molecular weight excluding hydrogens is 472 g/mol. The van der Waals surface area contributed by atoms with Crippen molar-refractivity contribution in [1.29, 1.82) is 0 Å². The maximum Gasteiger partial charge on any atom is 0.304 e. The fraction of sp³-hybridized carbons (Fsp3) is 0.750. The SMILES string of the molecule is O=C(O)CCN1CC[C@H](c2nc3ccccc3n2[C@@H]2C[C@H]3CCC[C@@H](C2)N3[C@@H]2C[C@@H]3CCCC[C@@H](C3)C2)C1. The second-order valence-corrected chi connectivity index (χ2v) is 13.4. The number of carboxylic acid groups (broad SMARTS) is 1. The topological polar surface area (TPSA) is 61.6 Å². The smallest absolute Gasteiger partial charge is 0.304 e. The monoisotopic (exact) mass is 518 g/mol. The van der Waals surface area contributed by atoms with Gasteiger partial charge in [0.15, 0.2) is 0 Å². The van der Waals surface area contributed by atoms with Gasteiger partial charge >= 0.3 is 5.97 Å². The van der Waals surface area contributed by atoms with Crippen molar-refractivity contribution in [3.8, 4) is 0 Å². The molecule has 1 N–H and O–H groups in total. The normalized spacial score (nSPS) is 36.4. The van der Waals surface area contributed by atoms with Gasteiger partial charge in [-0.25, -0.2) is 4.98 Å². The van der Waals surface area contributed by atoms with Crippen LogP contribution in [0.15, 0.2) is 24.3 Å². The summed E-state index contributed by atoms with van der Waals surface area (Å²) in [5.41, 5.74) is 2.45. The van der Waals surface area contributed by atoms with Crippen LogP contribution in [0.1, 0.15) is 108 Å². The molecule has 2 saturated carbocycles. The van der Waals surface area contributed by atoms with Gasteiger partial charge in [0.05, 0.1) is 17.5 Å². The van der Waals surface area contributed by atoms with E-state index < -0.39 is 5.97 Å². The quantitative estimate of drug-likeness (QED) is 0.492. The van der Waals surface area contributed by atoms with Crippen LogP contribution < -0.4 is 0 Å². The Morgan fingerprint density at radius 3 is 2.32 bits per heavy atom. The summed E-state index contributed by atoms with van der Waals surface area (Å²) in [6.07, 6.45) is 18.3. The van der Waals surface area contributed by atoms with E-state index in [-0.39, 0.29) is 6.42 Å². The molecule has 0 radical (unpaired) electrons. The minimum atomic E-state index is -0.698. The summed E-state index contributed by atoms with van der Waals surface area (Å²) in [6, 6.07) is 11.6. The molecule has 206 valence electrons. The van der Waals surface area contributed by atoms with E-state index >= 15 is 0 Å². The third kappa shape index (κ3) is 4.81. The lowest BCUT2D eigenvalue weighted by Gasteiger charge is -2.54. The number of imidazole rings is 1. The number of hydrogen-bond acceptors (Lipinski definition) is 4. The first-order valence-electron chi connectivity index (χ1n) is 15.8. The lowest BCUT2D eigenvalue weighted by Crippen LogP contribution is -2.58. The van der Waals surface area contributed by atoms with E-state index in [1.807, 2.05) is 0 Å². The number of piperidine rings is 2. The lowest BCUT2D eigenvalue weighted by molar-refractivity contribution is -0.137. The molecule has 2 aliphatic carbocycles. The summed E-state index contributed by atoms with van der Waals surface area (Å²) in [5.74, 6) is 2.93. The zero-order valence-corrected chi connectivity index (χ0v) is 23.0. The Hall–Kier alpha value is -1.92. The van der Waals surface area contributed by atoms with Crippen LogP contribution in [0.25, 0.3) is 11.0 Å². The van der Waals surface area contributed by atoms with Gasteiger partial charge in [-0.2, -0.15) is 0 Å². The third-order valence-electron chi connectivity index (χ3n) is 11.0. The molecule has 5 fully saturated rings. The van der Waals surface area contributed by atoms with Crippen molar-refractivity contribution in [2.45, 2.75) is 120 Å². The first-order valence-corrected chi connectivity index (χ1v) is 15.8. The number of para-hydroxylation sites is 2. The predicted molar refractivity (Wildman–Crippen MR) is 150 cm³/mol. The molecule has 6 heteroatoms. The standard InChI is InChI=1S/C32H46N4O2/c37-31(38)13-15-34-14-12-24(21-34)32-33-29-10-3-4-11-30(29)36(32)28-19-25-8-5-9-26(20-28)35(25)27-17-22-6-1-2-7-23(16-22)18-27/h3-4,10-11,22-28H,1-2,5-9,12-21H2,(H,37,38)/t22-,23+,24-,25-,26+,27-,28-/m0/s1.